The molecule has 0 radical (unpaired) electrons. The Kier molecular flexibility index (Phi) is 6.45. The van der Waals surface area contributed by atoms with Crippen LogP contribution in [-0.2, 0) is 20.7 Å². The average Bonchev–Trinajstić information content (AvgIpc) is 3.44. The van der Waals surface area contributed by atoms with E-state index in [9.17, 15) is 14.0 Å². The highest BCUT2D eigenvalue weighted by atomic mass is 19.1. The van der Waals surface area contributed by atoms with Gasteiger partial charge in [0.2, 0.25) is 11.8 Å². The Hall–Kier alpha value is -2.73. The number of hydrogen-bond acceptors (Lipinski definition) is 3. The number of carbonyl (C=O) groups is 2. The van der Waals surface area contributed by atoms with Crippen molar-refractivity contribution < 1.29 is 18.7 Å². The molecule has 6 heteroatoms. The quantitative estimate of drug-likeness (QED) is 0.721. The minimum Gasteiger partial charge on any atom is -0.368 e. The van der Waals surface area contributed by atoms with Gasteiger partial charge >= 0.3 is 0 Å². The first-order chi connectivity index (χ1) is 16.1. The lowest BCUT2D eigenvalue weighted by molar-refractivity contribution is -0.140. The van der Waals surface area contributed by atoms with Gasteiger partial charge in [0.25, 0.3) is 0 Å². The second-order valence-corrected chi connectivity index (χ2v) is 9.55. The number of nitrogens with zero attached hydrogens (tertiary/aromatic N) is 1. The summed E-state index contributed by atoms with van der Waals surface area (Å²) in [6.45, 7) is 1.30. The molecule has 2 aromatic rings. The summed E-state index contributed by atoms with van der Waals surface area (Å²) in [7, 11) is 0. The van der Waals surface area contributed by atoms with Crippen LogP contribution < -0.4 is 5.32 Å². The third-order valence-electron chi connectivity index (χ3n) is 7.36. The van der Waals surface area contributed by atoms with Crippen molar-refractivity contribution >= 4 is 11.8 Å². The summed E-state index contributed by atoms with van der Waals surface area (Å²) in [5, 5.41) is 3.20. The van der Waals surface area contributed by atoms with E-state index in [1.165, 1.54) is 12.1 Å². The van der Waals surface area contributed by atoms with Crippen molar-refractivity contribution in [2.24, 2.45) is 5.92 Å². The lowest BCUT2D eigenvalue weighted by atomic mass is 9.84. The molecule has 0 bridgehead atoms. The van der Waals surface area contributed by atoms with E-state index in [1.54, 1.807) is 6.07 Å². The maximum Gasteiger partial charge on any atom is 0.249 e. The molecule has 2 heterocycles. The van der Waals surface area contributed by atoms with Crippen LogP contribution in [-0.4, -0.2) is 48.1 Å². The molecule has 5 nitrogen and oxygen atoms in total. The first kappa shape index (κ1) is 22.1. The third kappa shape index (κ3) is 4.81. The number of carbonyl (C=O) groups excluding carboxylic acids is 2. The molecule has 174 valence electrons. The molecule has 5 rings (SSSR count). The normalized spacial score (nSPS) is 25.1. The minimum absolute atomic E-state index is 0.0612. The van der Waals surface area contributed by atoms with Crippen LogP contribution in [0, 0.1) is 11.7 Å². The smallest absolute Gasteiger partial charge is 0.249 e. The summed E-state index contributed by atoms with van der Waals surface area (Å²) < 4.78 is 19.3. The lowest BCUT2D eigenvalue weighted by Gasteiger charge is -2.34. The average molecular weight is 451 g/mol. The van der Waals surface area contributed by atoms with Crippen LogP contribution in [0.4, 0.5) is 4.39 Å². The Morgan fingerprint density at radius 3 is 2.48 bits per heavy atom. The molecule has 2 aliphatic heterocycles. The molecule has 33 heavy (non-hydrogen) atoms. The molecule has 3 atom stereocenters. The largest absolute Gasteiger partial charge is 0.368 e. The molecule has 1 saturated carbocycles. The first-order valence-corrected chi connectivity index (χ1v) is 12.2. The molecule has 0 unspecified atom stereocenters. The third-order valence-corrected chi connectivity index (χ3v) is 7.36. The lowest BCUT2D eigenvalue weighted by Crippen LogP contribution is -2.51. The van der Waals surface area contributed by atoms with Crippen molar-refractivity contribution in [3.05, 3.63) is 59.9 Å². The molecule has 2 amide bonds. The zero-order valence-electron chi connectivity index (χ0n) is 18.8. The minimum atomic E-state index is -0.377. The molecule has 2 aromatic carbocycles. The highest BCUT2D eigenvalue weighted by Gasteiger charge is 2.42. The number of rotatable bonds is 6. The van der Waals surface area contributed by atoms with Gasteiger partial charge < -0.3 is 15.0 Å². The Bertz CT molecular complexity index is 1020. The van der Waals surface area contributed by atoms with Gasteiger partial charge in [-0.1, -0.05) is 42.8 Å². The second-order valence-electron chi connectivity index (χ2n) is 9.55. The topological polar surface area (TPSA) is 58.6 Å². The van der Waals surface area contributed by atoms with Crippen molar-refractivity contribution in [1.29, 1.82) is 0 Å². The molecule has 1 N–H and O–H groups in total. The summed E-state index contributed by atoms with van der Waals surface area (Å²) in [6.07, 6.45) is 5.73. The zero-order valence-corrected chi connectivity index (χ0v) is 18.8. The maximum atomic E-state index is 13.7. The van der Waals surface area contributed by atoms with Crippen LogP contribution in [0.2, 0.25) is 0 Å². The van der Waals surface area contributed by atoms with E-state index < -0.39 is 0 Å². The van der Waals surface area contributed by atoms with Crippen molar-refractivity contribution in [3.8, 4) is 11.1 Å². The van der Waals surface area contributed by atoms with Crippen LogP contribution in [0.1, 0.15) is 44.1 Å². The van der Waals surface area contributed by atoms with Gasteiger partial charge in [-0.3, -0.25) is 9.59 Å². The predicted molar refractivity (Wildman–Crippen MR) is 124 cm³/mol. The van der Waals surface area contributed by atoms with E-state index in [-0.39, 0.29) is 41.7 Å². The fourth-order valence-corrected chi connectivity index (χ4v) is 5.29. The Balaban J connectivity index is 1.36. The van der Waals surface area contributed by atoms with Gasteiger partial charge in [0.05, 0.1) is 12.1 Å². The highest BCUT2D eigenvalue weighted by Crippen LogP contribution is 2.33. The van der Waals surface area contributed by atoms with Crippen molar-refractivity contribution in [3.63, 3.8) is 0 Å². The summed E-state index contributed by atoms with van der Waals surface area (Å²) in [6, 6.07) is 14.5. The number of ether oxygens (including phenoxy) is 1. The van der Waals surface area contributed by atoms with Crippen molar-refractivity contribution in [1.82, 2.24) is 10.2 Å². The van der Waals surface area contributed by atoms with Gasteiger partial charge in [-0.2, -0.15) is 0 Å². The monoisotopic (exact) mass is 450 g/mol. The maximum absolute atomic E-state index is 13.7. The Morgan fingerprint density at radius 2 is 1.79 bits per heavy atom. The van der Waals surface area contributed by atoms with E-state index in [0.717, 1.165) is 55.2 Å². The predicted octanol–water partition coefficient (Wildman–Crippen LogP) is 4.10. The van der Waals surface area contributed by atoms with E-state index in [4.69, 9.17) is 4.74 Å². The van der Waals surface area contributed by atoms with Gasteiger partial charge in [-0.05, 0) is 67.3 Å². The van der Waals surface area contributed by atoms with E-state index in [1.807, 2.05) is 29.2 Å². The summed E-state index contributed by atoms with van der Waals surface area (Å²) in [5.41, 5.74) is 2.85. The van der Waals surface area contributed by atoms with Gasteiger partial charge in [0.1, 0.15) is 11.9 Å². The number of hydrogen-bond donors (Lipinski definition) is 1. The molecular weight excluding hydrogens is 419 g/mol. The fourth-order valence-electron chi connectivity index (χ4n) is 5.29. The SMILES string of the molecule is O=C(N[C@H]1CCN(C(=O)C2CCC2)[C@H]1Cc1cccc(-c2cccc(F)c2)c1)[C@@H]1CCCO1. The molecule has 3 aliphatic rings. The summed E-state index contributed by atoms with van der Waals surface area (Å²) >= 11 is 0. The fraction of sp³-hybridized carbons (Fsp3) is 0.481. The van der Waals surface area contributed by atoms with E-state index >= 15 is 0 Å². The molecule has 0 aromatic heterocycles. The van der Waals surface area contributed by atoms with E-state index in [2.05, 4.69) is 11.4 Å². The van der Waals surface area contributed by atoms with Crippen LogP contribution >= 0.6 is 0 Å². The number of halogens is 1. The number of likely N-dealkylation sites (tertiary alicyclic amines) is 1. The second kappa shape index (κ2) is 9.64. The van der Waals surface area contributed by atoms with E-state index in [0.29, 0.717) is 19.6 Å². The van der Waals surface area contributed by atoms with Crippen LogP contribution in [0.5, 0.6) is 0 Å². The molecule has 2 saturated heterocycles. The summed E-state index contributed by atoms with van der Waals surface area (Å²) in [5.74, 6) is 0.0250. The first-order valence-electron chi connectivity index (χ1n) is 12.2. The van der Waals surface area contributed by atoms with Gasteiger partial charge in [0, 0.05) is 19.1 Å². The standard InChI is InChI=1S/C27H31FN2O3/c28-22-10-3-9-21(17-22)20-8-1-5-18(15-20)16-24-23(29-26(31)25-11-4-14-33-25)12-13-30(24)27(32)19-6-2-7-19/h1,3,5,8-10,15,17,19,23-25H,2,4,6-7,11-14,16H2,(H,29,31)/t23-,24-,25-/m0/s1. The molecule has 0 spiro atoms. The van der Waals surface area contributed by atoms with Gasteiger partial charge in [0.15, 0.2) is 0 Å². The Morgan fingerprint density at radius 1 is 1.00 bits per heavy atom. The molecule has 1 aliphatic carbocycles. The molecular formula is C27H31FN2O3. The van der Waals surface area contributed by atoms with Crippen molar-refractivity contribution in [2.45, 2.75) is 63.1 Å². The van der Waals surface area contributed by atoms with Crippen molar-refractivity contribution in [2.75, 3.05) is 13.2 Å². The van der Waals surface area contributed by atoms with Gasteiger partial charge in [-0.15, -0.1) is 0 Å². The van der Waals surface area contributed by atoms with Crippen LogP contribution in [0.15, 0.2) is 48.5 Å². The van der Waals surface area contributed by atoms with Crippen LogP contribution in [0.25, 0.3) is 11.1 Å². The highest BCUT2D eigenvalue weighted by molar-refractivity contribution is 5.83. The van der Waals surface area contributed by atoms with Crippen LogP contribution in [0.3, 0.4) is 0 Å². The zero-order chi connectivity index (χ0) is 22.8. The van der Waals surface area contributed by atoms with Gasteiger partial charge in [-0.25, -0.2) is 4.39 Å². The number of amides is 2. The number of nitrogens with one attached hydrogen (secondary N) is 1. The molecule has 3 fully saturated rings. The summed E-state index contributed by atoms with van der Waals surface area (Å²) in [4.78, 5) is 28.0. The Labute approximate surface area is 194 Å². The number of benzene rings is 2.